The number of ether oxygens (including phenoxy) is 2. The average molecular weight is 349 g/mol. The SMILES string of the molecule is O=C(Cc1ccc2c(c1)OCCO2)Nc1ccccc1Cn1cccn1. The van der Waals surface area contributed by atoms with E-state index in [0.29, 0.717) is 25.5 Å². The van der Waals surface area contributed by atoms with Crippen molar-refractivity contribution < 1.29 is 14.3 Å². The maximum atomic E-state index is 12.5. The number of fused-ring (bicyclic) bond motifs is 1. The molecule has 0 saturated carbocycles. The number of nitrogens with one attached hydrogen (secondary N) is 1. The molecule has 0 saturated heterocycles. The van der Waals surface area contributed by atoms with Crippen molar-refractivity contribution in [2.24, 2.45) is 0 Å². The fraction of sp³-hybridized carbons (Fsp3) is 0.200. The third-order valence-corrected chi connectivity index (χ3v) is 4.15. The lowest BCUT2D eigenvalue weighted by atomic mass is 10.1. The number of hydrogen-bond donors (Lipinski definition) is 1. The highest BCUT2D eigenvalue weighted by Crippen LogP contribution is 2.31. The van der Waals surface area contributed by atoms with Gasteiger partial charge in [-0.1, -0.05) is 24.3 Å². The second-order valence-corrected chi connectivity index (χ2v) is 6.06. The van der Waals surface area contributed by atoms with E-state index in [4.69, 9.17) is 9.47 Å². The standard InChI is InChI=1S/C20H19N3O3/c24-20(13-15-6-7-18-19(12-15)26-11-10-25-18)22-17-5-2-1-4-16(17)14-23-9-3-8-21-23/h1-9,12H,10-11,13-14H2,(H,22,24). The first-order valence-electron chi connectivity index (χ1n) is 8.52. The van der Waals surface area contributed by atoms with Gasteiger partial charge in [-0.3, -0.25) is 9.48 Å². The van der Waals surface area contributed by atoms with E-state index in [2.05, 4.69) is 10.4 Å². The first kappa shape index (κ1) is 16.2. The van der Waals surface area contributed by atoms with Crippen LogP contribution in [0.4, 0.5) is 5.69 Å². The molecule has 1 N–H and O–H groups in total. The van der Waals surface area contributed by atoms with Gasteiger partial charge in [0.15, 0.2) is 11.5 Å². The number of benzene rings is 2. The van der Waals surface area contributed by atoms with E-state index in [1.165, 1.54) is 0 Å². The van der Waals surface area contributed by atoms with Crippen molar-refractivity contribution in [2.45, 2.75) is 13.0 Å². The minimum absolute atomic E-state index is 0.0745. The molecule has 0 fully saturated rings. The number of carbonyl (C=O) groups excluding carboxylic acids is 1. The molecule has 0 spiro atoms. The van der Waals surface area contributed by atoms with E-state index in [0.717, 1.165) is 22.6 Å². The summed E-state index contributed by atoms with van der Waals surface area (Å²) in [5, 5.41) is 7.22. The zero-order valence-electron chi connectivity index (χ0n) is 14.2. The Balaban J connectivity index is 1.45. The zero-order chi connectivity index (χ0) is 17.8. The van der Waals surface area contributed by atoms with Crippen LogP contribution in [0.2, 0.25) is 0 Å². The monoisotopic (exact) mass is 349 g/mol. The zero-order valence-corrected chi connectivity index (χ0v) is 14.2. The Kier molecular flexibility index (Phi) is 4.55. The summed E-state index contributed by atoms with van der Waals surface area (Å²) in [6, 6.07) is 15.2. The van der Waals surface area contributed by atoms with Crippen molar-refractivity contribution in [1.82, 2.24) is 9.78 Å². The van der Waals surface area contributed by atoms with Gasteiger partial charge in [-0.2, -0.15) is 5.10 Å². The van der Waals surface area contributed by atoms with Crippen LogP contribution in [0.15, 0.2) is 60.9 Å². The Labute approximate surface area is 151 Å². The second kappa shape index (κ2) is 7.31. The number of hydrogen-bond acceptors (Lipinski definition) is 4. The van der Waals surface area contributed by atoms with Gasteiger partial charge < -0.3 is 14.8 Å². The van der Waals surface area contributed by atoms with Gasteiger partial charge in [0.05, 0.1) is 13.0 Å². The summed E-state index contributed by atoms with van der Waals surface area (Å²) in [7, 11) is 0. The van der Waals surface area contributed by atoms with Gasteiger partial charge >= 0.3 is 0 Å². The molecule has 1 amide bonds. The van der Waals surface area contributed by atoms with Crippen LogP contribution in [-0.4, -0.2) is 28.9 Å². The van der Waals surface area contributed by atoms with E-state index in [-0.39, 0.29) is 12.3 Å². The normalized spacial score (nSPS) is 12.6. The molecule has 0 bridgehead atoms. The van der Waals surface area contributed by atoms with E-state index in [9.17, 15) is 4.79 Å². The first-order chi connectivity index (χ1) is 12.8. The van der Waals surface area contributed by atoms with Crippen molar-refractivity contribution in [3.8, 4) is 11.5 Å². The van der Waals surface area contributed by atoms with Crippen LogP contribution < -0.4 is 14.8 Å². The lowest BCUT2D eigenvalue weighted by Crippen LogP contribution is -2.18. The van der Waals surface area contributed by atoms with Crippen LogP contribution in [0.5, 0.6) is 11.5 Å². The number of aromatic nitrogens is 2. The summed E-state index contributed by atoms with van der Waals surface area (Å²) in [6.45, 7) is 1.69. The maximum absolute atomic E-state index is 12.5. The van der Waals surface area contributed by atoms with Crippen LogP contribution in [0.3, 0.4) is 0 Å². The minimum Gasteiger partial charge on any atom is -0.486 e. The van der Waals surface area contributed by atoms with E-state index >= 15 is 0 Å². The number of nitrogens with zero attached hydrogens (tertiary/aromatic N) is 2. The largest absolute Gasteiger partial charge is 0.486 e. The molecule has 1 aliphatic rings. The third-order valence-electron chi connectivity index (χ3n) is 4.15. The summed E-state index contributed by atoms with van der Waals surface area (Å²) in [6.07, 6.45) is 3.91. The van der Waals surface area contributed by atoms with Crippen LogP contribution in [0.25, 0.3) is 0 Å². The predicted octanol–water partition coefficient (Wildman–Crippen LogP) is 2.88. The lowest BCUT2D eigenvalue weighted by molar-refractivity contribution is -0.115. The van der Waals surface area contributed by atoms with Gasteiger partial charge in [-0.05, 0) is 35.4 Å². The van der Waals surface area contributed by atoms with Crippen molar-refractivity contribution >= 4 is 11.6 Å². The molecule has 0 unspecified atom stereocenters. The van der Waals surface area contributed by atoms with Gasteiger partial charge in [-0.25, -0.2) is 0 Å². The van der Waals surface area contributed by atoms with Crippen LogP contribution in [-0.2, 0) is 17.8 Å². The van der Waals surface area contributed by atoms with Crippen LogP contribution in [0, 0.1) is 0 Å². The highest BCUT2D eigenvalue weighted by atomic mass is 16.6. The number of para-hydroxylation sites is 1. The number of rotatable bonds is 5. The second-order valence-electron chi connectivity index (χ2n) is 6.06. The molecule has 1 aromatic heterocycles. The molecule has 0 aliphatic carbocycles. The van der Waals surface area contributed by atoms with Gasteiger partial charge in [0, 0.05) is 18.1 Å². The van der Waals surface area contributed by atoms with Gasteiger partial charge in [-0.15, -0.1) is 0 Å². The molecule has 4 rings (SSSR count). The molecule has 6 heteroatoms. The molecule has 0 radical (unpaired) electrons. The van der Waals surface area contributed by atoms with Crippen LogP contribution >= 0.6 is 0 Å². The molecule has 132 valence electrons. The first-order valence-corrected chi connectivity index (χ1v) is 8.52. The van der Waals surface area contributed by atoms with Crippen molar-refractivity contribution in [3.05, 3.63) is 72.1 Å². The van der Waals surface area contributed by atoms with E-state index < -0.39 is 0 Å². The Morgan fingerprint density at radius 2 is 1.92 bits per heavy atom. The maximum Gasteiger partial charge on any atom is 0.228 e. The smallest absolute Gasteiger partial charge is 0.228 e. The van der Waals surface area contributed by atoms with Gasteiger partial charge in [0.1, 0.15) is 13.2 Å². The Morgan fingerprint density at radius 3 is 2.77 bits per heavy atom. The minimum atomic E-state index is -0.0745. The average Bonchev–Trinajstić information content (AvgIpc) is 3.16. The molecule has 26 heavy (non-hydrogen) atoms. The third kappa shape index (κ3) is 3.69. The van der Waals surface area contributed by atoms with Crippen LogP contribution in [0.1, 0.15) is 11.1 Å². The molecular weight excluding hydrogens is 330 g/mol. The predicted molar refractivity (Wildman–Crippen MR) is 97.5 cm³/mol. The summed E-state index contributed by atoms with van der Waals surface area (Å²) in [4.78, 5) is 12.5. The quantitative estimate of drug-likeness (QED) is 0.769. The summed E-state index contributed by atoms with van der Waals surface area (Å²) >= 11 is 0. The molecule has 2 aromatic carbocycles. The number of anilines is 1. The van der Waals surface area contributed by atoms with Crippen molar-refractivity contribution in [1.29, 1.82) is 0 Å². The Morgan fingerprint density at radius 1 is 1.08 bits per heavy atom. The molecule has 2 heterocycles. The molecular formula is C20H19N3O3. The van der Waals surface area contributed by atoms with Crippen molar-refractivity contribution in [2.75, 3.05) is 18.5 Å². The highest BCUT2D eigenvalue weighted by Gasteiger charge is 2.14. The molecule has 1 aliphatic heterocycles. The van der Waals surface area contributed by atoms with Gasteiger partial charge in [0.2, 0.25) is 5.91 Å². The molecule has 3 aromatic rings. The fourth-order valence-corrected chi connectivity index (χ4v) is 2.93. The lowest BCUT2D eigenvalue weighted by Gasteiger charge is -2.19. The number of amides is 1. The number of carbonyl (C=O) groups is 1. The van der Waals surface area contributed by atoms with E-state index in [1.54, 1.807) is 6.20 Å². The Bertz CT molecular complexity index is 906. The van der Waals surface area contributed by atoms with Crippen molar-refractivity contribution in [3.63, 3.8) is 0 Å². The topological polar surface area (TPSA) is 65.4 Å². The summed E-state index contributed by atoms with van der Waals surface area (Å²) in [5.74, 6) is 1.35. The summed E-state index contributed by atoms with van der Waals surface area (Å²) in [5.41, 5.74) is 2.69. The summed E-state index contributed by atoms with van der Waals surface area (Å²) < 4.78 is 12.9. The van der Waals surface area contributed by atoms with E-state index in [1.807, 2.05) is 59.4 Å². The van der Waals surface area contributed by atoms with Gasteiger partial charge in [0.25, 0.3) is 0 Å². The fourth-order valence-electron chi connectivity index (χ4n) is 2.93. The Hall–Kier alpha value is -3.28. The molecule has 0 atom stereocenters. The highest BCUT2D eigenvalue weighted by molar-refractivity contribution is 5.93. The molecule has 6 nitrogen and oxygen atoms in total.